The van der Waals surface area contributed by atoms with Crippen LogP contribution in [0.3, 0.4) is 0 Å². The van der Waals surface area contributed by atoms with Crippen molar-refractivity contribution in [1.82, 2.24) is 0 Å². The van der Waals surface area contributed by atoms with Crippen LogP contribution < -0.4 is 0 Å². The molecule has 0 aromatic carbocycles. The van der Waals surface area contributed by atoms with E-state index in [9.17, 15) is 9.59 Å². The van der Waals surface area contributed by atoms with Gasteiger partial charge in [-0.15, -0.1) is 0 Å². The summed E-state index contributed by atoms with van der Waals surface area (Å²) in [5.74, 6) is 0.299. The molecule has 3 aliphatic carbocycles. The Labute approximate surface area is 170 Å². The highest BCUT2D eigenvalue weighted by molar-refractivity contribution is 5.86. The maximum atomic E-state index is 13.7. The van der Waals surface area contributed by atoms with Crippen molar-refractivity contribution in [1.29, 1.82) is 0 Å². The maximum Gasteiger partial charge on any atom is 0.310 e. The fraction of sp³-hybridized carbons (Fsp3) is 0.818. The molecule has 3 saturated heterocycles. The molecule has 0 radical (unpaired) electrons. The van der Waals surface area contributed by atoms with Gasteiger partial charge >= 0.3 is 5.97 Å². The van der Waals surface area contributed by atoms with Gasteiger partial charge in [0.15, 0.2) is 13.6 Å². The average molecular weight is 404 g/mol. The van der Waals surface area contributed by atoms with Crippen LogP contribution in [0.2, 0.25) is 0 Å². The van der Waals surface area contributed by atoms with Gasteiger partial charge in [-0.05, 0) is 43.6 Å². The van der Waals surface area contributed by atoms with Crippen LogP contribution in [0.15, 0.2) is 11.8 Å². The summed E-state index contributed by atoms with van der Waals surface area (Å²) in [7, 11) is 0. The summed E-state index contributed by atoms with van der Waals surface area (Å²) in [6, 6.07) is 0. The smallest absolute Gasteiger partial charge is 0.310 e. The van der Waals surface area contributed by atoms with Gasteiger partial charge in [0, 0.05) is 29.6 Å². The normalized spacial score (nSPS) is 53.6. The number of esters is 1. The van der Waals surface area contributed by atoms with E-state index in [1.54, 1.807) is 0 Å². The van der Waals surface area contributed by atoms with Gasteiger partial charge in [-0.2, -0.15) is 0 Å². The molecule has 5 fully saturated rings. The van der Waals surface area contributed by atoms with Gasteiger partial charge in [-0.25, -0.2) is 0 Å². The number of carbonyl (C=O) groups is 2. The van der Waals surface area contributed by atoms with E-state index in [1.165, 1.54) is 0 Å². The lowest BCUT2D eigenvalue weighted by Crippen LogP contribution is -2.65. The number of hydrogen-bond donors (Lipinski definition) is 0. The number of carbonyl (C=O) groups excluding carboxylic acids is 2. The highest BCUT2D eigenvalue weighted by atomic mass is 16.9. The summed E-state index contributed by atoms with van der Waals surface area (Å²) in [6.45, 7) is 5.01. The third-order valence-electron chi connectivity index (χ3n) is 9.16. The summed E-state index contributed by atoms with van der Waals surface area (Å²) < 4.78 is 29.4. The van der Waals surface area contributed by atoms with Gasteiger partial charge in [0.25, 0.3) is 0 Å². The molecule has 0 aromatic heterocycles. The van der Waals surface area contributed by atoms with Gasteiger partial charge in [0.05, 0.1) is 0 Å². The number of Topliss-reactive ketones (excluding diaryl/α,β-unsaturated/α-hetero) is 1. The average Bonchev–Trinajstić information content (AvgIpc) is 3.37. The van der Waals surface area contributed by atoms with E-state index in [-0.39, 0.29) is 48.0 Å². The standard InChI is InChI=1S/C22H28O7/c1-19-7-6-17(24)29-16(19)4-3-13-14-5-8-21(20(14,2)9-15(23)18(13)19)22(28-12-26-21)10-25-11-27-22/h4,13-14,18H,3,5-12H2,1-2H3/t13-,14+,18+,19-,20-,21-,22+/m0/s1. The van der Waals surface area contributed by atoms with Crippen molar-refractivity contribution in [2.75, 3.05) is 20.2 Å². The SMILES string of the molecule is C[C@]12CCC(=O)OC1=CC[C@H]1[C@H]3CC[C@]4(OCO[C@]45COCO5)[C@@]3(C)CC(=O)[C@@H]12. The van der Waals surface area contributed by atoms with Crippen molar-refractivity contribution in [2.24, 2.45) is 28.6 Å². The van der Waals surface area contributed by atoms with Crippen LogP contribution in [-0.4, -0.2) is 43.3 Å². The molecule has 2 saturated carbocycles. The van der Waals surface area contributed by atoms with Crippen molar-refractivity contribution < 1.29 is 33.3 Å². The minimum absolute atomic E-state index is 0.108. The first-order chi connectivity index (χ1) is 13.9. The molecular formula is C22H28O7. The summed E-state index contributed by atoms with van der Waals surface area (Å²) in [4.78, 5) is 25.6. The van der Waals surface area contributed by atoms with Gasteiger partial charge in [-0.3, -0.25) is 9.59 Å². The first-order valence-electron chi connectivity index (χ1n) is 10.8. The molecule has 0 bridgehead atoms. The van der Waals surface area contributed by atoms with Crippen LogP contribution in [0.5, 0.6) is 0 Å². The molecule has 0 unspecified atom stereocenters. The second-order valence-corrected chi connectivity index (χ2v) is 10.1. The molecule has 7 atom stereocenters. The zero-order chi connectivity index (χ0) is 20.1. The van der Waals surface area contributed by atoms with E-state index in [2.05, 4.69) is 19.9 Å². The van der Waals surface area contributed by atoms with Crippen molar-refractivity contribution in [3.8, 4) is 0 Å². The monoisotopic (exact) mass is 404 g/mol. The van der Waals surface area contributed by atoms with E-state index in [4.69, 9.17) is 23.7 Å². The largest absolute Gasteiger partial charge is 0.431 e. The van der Waals surface area contributed by atoms with Crippen LogP contribution in [0.4, 0.5) is 0 Å². The van der Waals surface area contributed by atoms with Gasteiger partial charge in [0.2, 0.25) is 5.79 Å². The molecule has 2 spiro atoms. The van der Waals surface area contributed by atoms with Gasteiger partial charge < -0.3 is 23.7 Å². The van der Waals surface area contributed by atoms with Gasteiger partial charge in [0.1, 0.15) is 23.8 Å². The van der Waals surface area contributed by atoms with Crippen molar-refractivity contribution >= 4 is 11.8 Å². The quantitative estimate of drug-likeness (QED) is 0.574. The highest BCUT2D eigenvalue weighted by Crippen LogP contribution is 2.70. The summed E-state index contributed by atoms with van der Waals surface area (Å²) in [6.07, 6.45) is 6.09. The fourth-order valence-corrected chi connectivity index (χ4v) is 7.88. The summed E-state index contributed by atoms with van der Waals surface area (Å²) >= 11 is 0. The second kappa shape index (κ2) is 5.69. The Hall–Kier alpha value is -1.28. The van der Waals surface area contributed by atoms with Crippen molar-refractivity contribution in [3.63, 3.8) is 0 Å². The van der Waals surface area contributed by atoms with Crippen LogP contribution in [0.1, 0.15) is 52.4 Å². The zero-order valence-electron chi connectivity index (χ0n) is 17.0. The lowest BCUT2D eigenvalue weighted by molar-refractivity contribution is -0.246. The second-order valence-electron chi connectivity index (χ2n) is 10.1. The molecular weight excluding hydrogens is 376 g/mol. The maximum absolute atomic E-state index is 13.7. The molecule has 3 heterocycles. The molecule has 158 valence electrons. The molecule has 6 aliphatic rings. The van der Waals surface area contributed by atoms with Crippen molar-refractivity contribution in [3.05, 3.63) is 11.8 Å². The predicted octanol–water partition coefficient (Wildman–Crippen LogP) is 2.68. The zero-order valence-corrected chi connectivity index (χ0v) is 17.0. The van der Waals surface area contributed by atoms with Crippen LogP contribution in [-0.2, 0) is 33.3 Å². The minimum atomic E-state index is -0.913. The molecule has 7 nitrogen and oxygen atoms in total. The molecule has 29 heavy (non-hydrogen) atoms. The minimum Gasteiger partial charge on any atom is -0.431 e. The first kappa shape index (κ1) is 18.5. The Balaban J connectivity index is 1.42. The lowest BCUT2D eigenvalue weighted by atomic mass is 9.48. The Morgan fingerprint density at radius 1 is 1.07 bits per heavy atom. The Morgan fingerprint density at radius 3 is 2.69 bits per heavy atom. The number of hydrogen-bond acceptors (Lipinski definition) is 7. The van der Waals surface area contributed by atoms with E-state index < -0.39 is 11.4 Å². The fourth-order valence-electron chi connectivity index (χ4n) is 7.88. The Bertz CT molecular complexity index is 808. The lowest BCUT2D eigenvalue weighted by Gasteiger charge is -2.57. The summed E-state index contributed by atoms with van der Waals surface area (Å²) in [5.41, 5.74) is -1.42. The van der Waals surface area contributed by atoms with Crippen molar-refractivity contribution in [2.45, 2.75) is 63.8 Å². The molecule has 0 amide bonds. The third-order valence-corrected chi connectivity index (χ3v) is 9.16. The van der Waals surface area contributed by atoms with Crippen LogP contribution in [0, 0.1) is 28.6 Å². The molecule has 0 N–H and O–H groups in total. The number of ether oxygens (including phenoxy) is 5. The number of rotatable bonds is 0. The number of fused-ring (bicyclic) bond motifs is 7. The Morgan fingerprint density at radius 2 is 1.90 bits per heavy atom. The van der Waals surface area contributed by atoms with E-state index in [1.807, 2.05) is 0 Å². The first-order valence-corrected chi connectivity index (χ1v) is 10.8. The van der Waals surface area contributed by atoms with Gasteiger partial charge in [-0.1, -0.05) is 13.8 Å². The number of allylic oxidation sites excluding steroid dienone is 2. The van der Waals surface area contributed by atoms with Crippen LogP contribution >= 0.6 is 0 Å². The third kappa shape index (κ3) is 2.03. The van der Waals surface area contributed by atoms with E-state index in [0.717, 1.165) is 19.3 Å². The predicted molar refractivity (Wildman–Crippen MR) is 98.0 cm³/mol. The topological polar surface area (TPSA) is 80.3 Å². The molecule has 3 aliphatic heterocycles. The summed E-state index contributed by atoms with van der Waals surface area (Å²) in [5, 5.41) is 0. The van der Waals surface area contributed by atoms with Crippen LogP contribution in [0.25, 0.3) is 0 Å². The molecule has 6 rings (SSSR count). The highest BCUT2D eigenvalue weighted by Gasteiger charge is 2.76. The molecule has 0 aromatic rings. The number of ketones is 1. The molecule has 7 heteroatoms. The van der Waals surface area contributed by atoms with E-state index >= 15 is 0 Å². The van der Waals surface area contributed by atoms with E-state index in [0.29, 0.717) is 37.5 Å². The Kier molecular flexibility index (Phi) is 3.63.